The van der Waals surface area contributed by atoms with E-state index < -0.39 is 29.2 Å². The van der Waals surface area contributed by atoms with Gasteiger partial charge in [-0.25, -0.2) is 14.1 Å². The van der Waals surface area contributed by atoms with Gasteiger partial charge in [-0.1, -0.05) is 11.6 Å². The molecule has 0 atom stereocenters. The Labute approximate surface area is 184 Å². The number of nitrogens with one attached hydrogen (secondary N) is 1. The number of carbonyl (C=O) groups is 1. The monoisotopic (exact) mass is 463 g/mol. The summed E-state index contributed by atoms with van der Waals surface area (Å²) in [4.78, 5) is 16.6. The lowest BCUT2D eigenvalue weighted by Crippen LogP contribution is -2.20. The van der Waals surface area contributed by atoms with Crippen LogP contribution in [0.1, 0.15) is 21.9 Å². The number of hydrogen-bond donors (Lipinski definition) is 1. The number of benzene rings is 2. The van der Waals surface area contributed by atoms with Crippen LogP contribution < -0.4 is 5.32 Å². The maximum atomic E-state index is 14.6. The van der Waals surface area contributed by atoms with Crippen LogP contribution >= 0.6 is 11.6 Å². The number of alkyl halides is 3. The van der Waals surface area contributed by atoms with Crippen molar-refractivity contribution >= 4 is 23.2 Å². The van der Waals surface area contributed by atoms with Gasteiger partial charge in [-0.3, -0.25) is 4.79 Å². The zero-order valence-corrected chi connectivity index (χ0v) is 17.1. The van der Waals surface area contributed by atoms with Gasteiger partial charge < -0.3 is 9.88 Å². The van der Waals surface area contributed by atoms with Gasteiger partial charge in [0.15, 0.2) is 5.69 Å². The number of nitrogens with zero attached hydrogens (tertiary/aromatic N) is 4. The normalized spacial score (nSPS) is 11.6. The van der Waals surface area contributed by atoms with Crippen molar-refractivity contribution in [1.82, 2.24) is 19.3 Å². The minimum atomic E-state index is -4.88. The molecule has 0 spiro atoms. The number of aryl methyl sites for hydroxylation is 1. The van der Waals surface area contributed by atoms with E-state index in [0.717, 1.165) is 12.3 Å². The third kappa shape index (κ3) is 4.09. The molecule has 0 radical (unpaired) electrons. The topological polar surface area (TPSA) is 64.7 Å². The summed E-state index contributed by atoms with van der Waals surface area (Å²) >= 11 is 5.79. The maximum Gasteiger partial charge on any atom is 0.434 e. The van der Waals surface area contributed by atoms with Crippen molar-refractivity contribution in [2.75, 3.05) is 5.32 Å². The van der Waals surface area contributed by atoms with Gasteiger partial charge in [0.1, 0.15) is 11.6 Å². The summed E-state index contributed by atoms with van der Waals surface area (Å²) in [7, 11) is 0. The summed E-state index contributed by atoms with van der Waals surface area (Å²) in [5.74, 6) is -1.22. The first-order valence-corrected chi connectivity index (χ1v) is 9.55. The van der Waals surface area contributed by atoms with E-state index in [1.165, 1.54) is 47.2 Å². The summed E-state index contributed by atoms with van der Waals surface area (Å²) in [6.07, 6.45) is -1.00. The maximum absolute atomic E-state index is 14.6. The molecular formula is C21H14ClF4N5O. The second-order valence-corrected chi connectivity index (χ2v) is 7.19. The number of carbonyl (C=O) groups excluding carboxylic acids is 1. The summed E-state index contributed by atoms with van der Waals surface area (Å²) in [5.41, 5.74) is -1.72. The molecule has 0 saturated carbocycles. The molecule has 164 valence electrons. The predicted molar refractivity (Wildman–Crippen MR) is 110 cm³/mol. The highest BCUT2D eigenvalue weighted by atomic mass is 35.5. The van der Waals surface area contributed by atoms with Gasteiger partial charge in [0.05, 0.1) is 23.1 Å². The van der Waals surface area contributed by atoms with Crippen LogP contribution in [0.3, 0.4) is 0 Å². The second-order valence-electron chi connectivity index (χ2n) is 6.76. The zero-order valence-electron chi connectivity index (χ0n) is 16.4. The van der Waals surface area contributed by atoms with E-state index in [9.17, 15) is 22.4 Å². The van der Waals surface area contributed by atoms with Gasteiger partial charge in [-0.2, -0.15) is 18.3 Å². The number of aromatic nitrogens is 4. The van der Waals surface area contributed by atoms with Crippen molar-refractivity contribution in [2.45, 2.75) is 13.1 Å². The second kappa shape index (κ2) is 8.12. The number of hydrogen-bond acceptors (Lipinski definition) is 3. The Kier molecular flexibility index (Phi) is 5.47. The van der Waals surface area contributed by atoms with Crippen LogP contribution in [0.2, 0.25) is 5.02 Å². The van der Waals surface area contributed by atoms with E-state index in [1.54, 1.807) is 13.1 Å². The van der Waals surface area contributed by atoms with Crippen molar-refractivity contribution in [1.29, 1.82) is 0 Å². The SMILES string of the molecule is Cc1nccn1-c1ccc(NC(=O)c2cnn(-c3ccc(Cl)cc3)c2C(F)(F)F)cc1F. The lowest BCUT2D eigenvalue weighted by Gasteiger charge is -2.13. The average molecular weight is 464 g/mol. The van der Waals surface area contributed by atoms with Gasteiger partial charge in [0.2, 0.25) is 0 Å². The highest BCUT2D eigenvalue weighted by Crippen LogP contribution is 2.34. The zero-order chi connectivity index (χ0) is 23.0. The van der Waals surface area contributed by atoms with Crippen LogP contribution in [-0.4, -0.2) is 25.2 Å². The first-order chi connectivity index (χ1) is 15.1. The van der Waals surface area contributed by atoms with Crippen molar-refractivity contribution in [3.8, 4) is 11.4 Å². The molecule has 0 aliphatic heterocycles. The van der Waals surface area contributed by atoms with Gasteiger partial charge in [-0.15, -0.1) is 0 Å². The molecule has 11 heteroatoms. The molecular weight excluding hydrogens is 450 g/mol. The standard InChI is InChI=1S/C21H14ClF4N5O/c1-12-27-8-9-30(12)18-7-4-14(10-17(18)23)29-20(32)16-11-28-31(19(16)21(24,25)26)15-5-2-13(22)3-6-15/h2-11H,1H3,(H,29,32). The molecule has 2 aromatic heterocycles. The fraction of sp³-hybridized carbons (Fsp3) is 0.0952. The average Bonchev–Trinajstić information content (AvgIpc) is 3.35. The van der Waals surface area contributed by atoms with Crippen molar-refractivity contribution in [3.63, 3.8) is 0 Å². The van der Waals surface area contributed by atoms with Gasteiger partial charge in [-0.05, 0) is 49.4 Å². The molecule has 0 aliphatic rings. The van der Waals surface area contributed by atoms with E-state index in [2.05, 4.69) is 15.4 Å². The van der Waals surface area contributed by atoms with E-state index in [4.69, 9.17) is 11.6 Å². The van der Waals surface area contributed by atoms with Crippen LogP contribution in [0.25, 0.3) is 11.4 Å². The first kappa shape index (κ1) is 21.6. The number of halogens is 5. The highest BCUT2D eigenvalue weighted by Gasteiger charge is 2.40. The quantitative estimate of drug-likeness (QED) is 0.410. The molecule has 1 N–H and O–H groups in total. The lowest BCUT2D eigenvalue weighted by atomic mass is 10.2. The largest absolute Gasteiger partial charge is 0.434 e. The van der Waals surface area contributed by atoms with Crippen molar-refractivity contribution in [3.05, 3.63) is 89.0 Å². The highest BCUT2D eigenvalue weighted by molar-refractivity contribution is 6.30. The van der Waals surface area contributed by atoms with Crippen LogP contribution in [0.15, 0.2) is 61.1 Å². The van der Waals surface area contributed by atoms with E-state index in [1.807, 2.05) is 0 Å². The number of amides is 1. The van der Waals surface area contributed by atoms with E-state index in [-0.39, 0.29) is 17.1 Å². The molecule has 4 rings (SSSR count). The summed E-state index contributed by atoms with van der Waals surface area (Å²) < 4.78 is 58.0. The smallest absolute Gasteiger partial charge is 0.322 e. The number of anilines is 1. The minimum absolute atomic E-state index is 0.0126. The fourth-order valence-electron chi connectivity index (χ4n) is 3.18. The van der Waals surface area contributed by atoms with Crippen molar-refractivity contribution in [2.24, 2.45) is 0 Å². The summed E-state index contributed by atoms with van der Waals surface area (Å²) in [6, 6.07) is 9.30. The molecule has 0 saturated heterocycles. The fourth-order valence-corrected chi connectivity index (χ4v) is 3.30. The Morgan fingerprint density at radius 3 is 2.44 bits per heavy atom. The van der Waals surface area contributed by atoms with Crippen LogP contribution in [0.5, 0.6) is 0 Å². The van der Waals surface area contributed by atoms with Gasteiger partial charge in [0, 0.05) is 23.1 Å². The van der Waals surface area contributed by atoms with Gasteiger partial charge >= 0.3 is 6.18 Å². The molecule has 0 unspecified atom stereocenters. The Morgan fingerprint density at radius 2 is 1.84 bits per heavy atom. The van der Waals surface area contributed by atoms with Crippen LogP contribution in [0.4, 0.5) is 23.2 Å². The molecule has 6 nitrogen and oxygen atoms in total. The lowest BCUT2D eigenvalue weighted by molar-refractivity contribution is -0.143. The Bertz CT molecular complexity index is 1290. The predicted octanol–water partition coefficient (Wildman–Crippen LogP) is 5.43. The number of rotatable bonds is 4. The number of imidazole rings is 1. The van der Waals surface area contributed by atoms with E-state index in [0.29, 0.717) is 15.5 Å². The van der Waals surface area contributed by atoms with Gasteiger partial charge in [0.25, 0.3) is 5.91 Å². The molecule has 4 aromatic rings. The van der Waals surface area contributed by atoms with Crippen LogP contribution in [0, 0.1) is 12.7 Å². The first-order valence-electron chi connectivity index (χ1n) is 9.17. The Morgan fingerprint density at radius 1 is 1.12 bits per heavy atom. The molecule has 1 amide bonds. The third-order valence-electron chi connectivity index (χ3n) is 4.64. The Hall–Kier alpha value is -3.66. The summed E-state index contributed by atoms with van der Waals surface area (Å²) in [5, 5.41) is 6.36. The van der Waals surface area contributed by atoms with Crippen LogP contribution in [-0.2, 0) is 6.18 Å². The minimum Gasteiger partial charge on any atom is -0.322 e. The third-order valence-corrected chi connectivity index (χ3v) is 4.90. The molecule has 0 fully saturated rings. The molecule has 2 heterocycles. The Balaban J connectivity index is 1.66. The summed E-state index contributed by atoms with van der Waals surface area (Å²) in [6.45, 7) is 1.69. The molecule has 0 bridgehead atoms. The molecule has 32 heavy (non-hydrogen) atoms. The molecule has 0 aliphatic carbocycles. The van der Waals surface area contributed by atoms with Crippen molar-refractivity contribution < 1.29 is 22.4 Å². The molecule has 2 aromatic carbocycles. The van der Waals surface area contributed by atoms with E-state index >= 15 is 0 Å².